The summed E-state index contributed by atoms with van der Waals surface area (Å²) in [6.45, 7) is -0.260. The van der Waals surface area contributed by atoms with E-state index in [-0.39, 0.29) is 6.61 Å². The molecule has 0 radical (unpaired) electrons. The Labute approximate surface area is 180 Å². The van der Waals surface area contributed by atoms with Gasteiger partial charge in [-0.15, -0.1) is 0 Å². The molecule has 166 valence electrons. The number of hydrogen-bond donors (Lipinski definition) is 1. The molecule has 0 aromatic heterocycles. The molecule has 9 heteroatoms. The van der Waals surface area contributed by atoms with Gasteiger partial charge in [0.1, 0.15) is 0 Å². The predicted molar refractivity (Wildman–Crippen MR) is 114 cm³/mol. The molecule has 2 rings (SSSR count). The Bertz CT molecular complexity index is 930. The first-order valence-corrected chi connectivity index (χ1v) is 9.12. The lowest BCUT2D eigenvalue weighted by Gasteiger charge is -2.15. The molecule has 9 nitrogen and oxygen atoms in total. The van der Waals surface area contributed by atoms with E-state index in [4.69, 9.17) is 23.7 Å². The maximum Gasteiger partial charge on any atom is 0.330 e. The first-order valence-electron chi connectivity index (χ1n) is 9.12. The molecule has 0 fully saturated rings. The van der Waals surface area contributed by atoms with Crippen LogP contribution in [-0.4, -0.2) is 54.0 Å². The molecule has 2 aromatic carbocycles. The van der Waals surface area contributed by atoms with Gasteiger partial charge in [-0.3, -0.25) is 4.79 Å². The van der Waals surface area contributed by atoms with Crippen LogP contribution < -0.4 is 29.0 Å². The number of nitrogens with one attached hydrogen (secondary N) is 1. The fourth-order valence-electron chi connectivity index (χ4n) is 2.63. The van der Waals surface area contributed by atoms with Crippen LogP contribution in [0.15, 0.2) is 36.4 Å². The monoisotopic (exact) mass is 431 g/mol. The summed E-state index contributed by atoms with van der Waals surface area (Å²) in [6.07, 6.45) is 2.87. The van der Waals surface area contributed by atoms with E-state index in [1.54, 1.807) is 36.4 Å². The van der Waals surface area contributed by atoms with Crippen LogP contribution in [0.25, 0.3) is 6.08 Å². The van der Waals surface area contributed by atoms with Crippen molar-refractivity contribution in [2.45, 2.75) is 0 Å². The summed E-state index contributed by atoms with van der Waals surface area (Å²) < 4.78 is 31.3. The van der Waals surface area contributed by atoms with Gasteiger partial charge in [-0.25, -0.2) is 4.79 Å². The molecule has 0 saturated carbocycles. The normalized spacial score (nSPS) is 10.4. The second-order valence-electron chi connectivity index (χ2n) is 6.02. The average Bonchev–Trinajstić information content (AvgIpc) is 2.80. The molecule has 0 bridgehead atoms. The molecule has 0 aliphatic heterocycles. The number of carbonyl (C=O) groups is 2. The summed E-state index contributed by atoms with van der Waals surface area (Å²) >= 11 is 0. The maximum atomic E-state index is 12.4. The van der Waals surface area contributed by atoms with Gasteiger partial charge in [0.25, 0.3) is 5.91 Å². The topological polar surface area (TPSA) is 102 Å². The van der Waals surface area contributed by atoms with Gasteiger partial charge in [0, 0.05) is 23.9 Å². The van der Waals surface area contributed by atoms with Crippen molar-refractivity contribution in [1.29, 1.82) is 0 Å². The molecule has 0 heterocycles. The Morgan fingerprint density at radius 1 is 0.839 bits per heavy atom. The molecular weight excluding hydrogens is 406 g/mol. The van der Waals surface area contributed by atoms with Gasteiger partial charge in [0.05, 0.1) is 35.5 Å². The van der Waals surface area contributed by atoms with E-state index < -0.39 is 11.9 Å². The Kier molecular flexibility index (Phi) is 8.56. The minimum atomic E-state index is -0.470. The Balaban J connectivity index is 2.07. The minimum Gasteiger partial charge on any atom is -0.493 e. The second kappa shape index (κ2) is 11.3. The van der Waals surface area contributed by atoms with Gasteiger partial charge in [-0.2, -0.15) is 0 Å². The molecule has 31 heavy (non-hydrogen) atoms. The third-order valence-corrected chi connectivity index (χ3v) is 4.11. The van der Waals surface area contributed by atoms with E-state index >= 15 is 0 Å². The van der Waals surface area contributed by atoms with Gasteiger partial charge < -0.3 is 33.7 Å². The molecule has 0 saturated heterocycles. The molecule has 0 atom stereocenters. The predicted octanol–water partition coefficient (Wildman–Crippen LogP) is 2.92. The average molecular weight is 431 g/mol. The number of methoxy groups -OCH3 is 5. The van der Waals surface area contributed by atoms with Crippen molar-refractivity contribution >= 4 is 23.6 Å². The van der Waals surface area contributed by atoms with E-state index in [0.29, 0.717) is 40.0 Å². The lowest BCUT2D eigenvalue weighted by atomic mass is 10.2. The molecule has 0 spiro atoms. The number of carbonyl (C=O) groups excluding carboxylic acids is 2. The van der Waals surface area contributed by atoms with Crippen LogP contribution in [0, 0.1) is 0 Å². The highest BCUT2D eigenvalue weighted by atomic mass is 16.5. The largest absolute Gasteiger partial charge is 0.493 e. The van der Waals surface area contributed by atoms with E-state index in [0.717, 1.165) is 0 Å². The molecule has 1 N–H and O–H groups in total. The van der Waals surface area contributed by atoms with Crippen molar-refractivity contribution in [3.63, 3.8) is 0 Å². The van der Waals surface area contributed by atoms with Gasteiger partial charge in [-0.05, 0) is 23.8 Å². The number of esters is 1. The van der Waals surface area contributed by atoms with Crippen LogP contribution in [-0.2, 0) is 14.3 Å². The highest BCUT2D eigenvalue weighted by Crippen LogP contribution is 2.40. The summed E-state index contributed by atoms with van der Waals surface area (Å²) in [5.41, 5.74) is 1.16. The Morgan fingerprint density at radius 3 is 2.03 bits per heavy atom. The van der Waals surface area contributed by atoms with E-state index in [9.17, 15) is 9.59 Å². The van der Waals surface area contributed by atoms with Gasteiger partial charge >= 0.3 is 5.97 Å². The smallest absolute Gasteiger partial charge is 0.330 e. The Hall–Kier alpha value is -3.88. The van der Waals surface area contributed by atoms with Gasteiger partial charge in [-0.1, -0.05) is 6.07 Å². The zero-order valence-corrected chi connectivity index (χ0v) is 18.0. The van der Waals surface area contributed by atoms with Crippen LogP contribution in [0.2, 0.25) is 0 Å². The standard InChI is InChI=1S/C22H25NO8/c1-26-17-10-14(7-9-21(25)29-4)6-8-16(17)31-13-20(24)23-15-11-18(27-2)22(30-5)19(12-15)28-3/h6-12H,13H2,1-5H3,(H,23,24)/b9-7+. The maximum absolute atomic E-state index is 12.4. The molecule has 1 amide bonds. The number of anilines is 1. The van der Waals surface area contributed by atoms with E-state index in [2.05, 4.69) is 10.1 Å². The van der Waals surface area contributed by atoms with Crippen molar-refractivity contribution in [1.82, 2.24) is 0 Å². The van der Waals surface area contributed by atoms with Gasteiger partial charge in [0.2, 0.25) is 5.75 Å². The second-order valence-corrected chi connectivity index (χ2v) is 6.02. The summed E-state index contributed by atoms with van der Waals surface area (Å²) in [5.74, 6) is 1.16. The van der Waals surface area contributed by atoms with Crippen LogP contribution in [0.5, 0.6) is 28.7 Å². The minimum absolute atomic E-state index is 0.260. The first kappa shape index (κ1) is 23.4. The fourth-order valence-corrected chi connectivity index (χ4v) is 2.63. The number of rotatable bonds is 10. The van der Waals surface area contributed by atoms with E-state index in [1.165, 1.54) is 41.6 Å². The molecule has 0 aliphatic carbocycles. The third kappa shape index (κ3) is 6.30. The number of benzene rings is 2. The highest BCUT2D eigenvalue weighted by Gasteiger charge is 2.15. The lowest BCUT2D eigenvalue weighted by Crippen LogP contribution is -2.20. The fraction of sp³-hybridized carbons (Fsp3) is 0.273. The number of ether oxygens (including phenoxy) is 6. The quantitative estimate of drug-likeness (QED) is 0.453. The number of amides is 1. The summed E-state index contributed by atoms with van der Waals surface area (Å²) in [6, 6.07) is 8.26. The van der Waals surface area contributed by atoms with Crippen molar-refractivity contribution in [2.24, 2.45) is 0 Å². The Morgan fingerprint density at radius 2 is 1.48 bits per heavy atom. The zero-order valence-electron chi connectivity index (χ0n) is 18.0. The molecule has 0 aliphatic rings. The molecule has 0 unspecified atom stereocenters. The first-order chi connectivity index (χ1) is 14.9. The highest BCUT2D eigenvalue weighted by molar-refractivity contribution is 5.92. The van der Waals surface area contributed by atoms with Crippen LogP contribution in [0.4, 0.5) is 5.69 Å². The van der Waals surface area contributed by atoms with Crippen LogP contribution in [0.3, 0.4) is 0 Å². The zero-order chi connectivity index (χ0) is 22.8. The van der Waals surface area contributed by atoms with Crippen molar-refractivity contribution < 1.29 is 38.0 Å². The van der Waals surface area contributed by atoms with Crippen LogP contribution in [0.1, 0.15) is 5.56 Å². The van der Waals surface area contributed by atoms with Gasteiger partial charge in [0.15, 0.2) is 29.6 Å². The number of hydrogen-bond acceptors (Lipinski definition) is 8. The lowest BCUT2D eigenvalue weighted by molar-refractivity contribution is -0.134. The molecular formula is C22H25NO8. The molecule has 2 aromatic rings. The van der Waals surface area contributed by atoms with Crippen molar-refractivity contribution in [2.75, 3.05) is 47.5 Å². The van der Waals surface area contributed by atoms with Crippen molar-refractivity contribution in [3.05, 3.63) is 42.0 Å². The van der Waals surface area contributed by atoms with Crippen LogP contribution >= 0.6 is 0 Å². The summed E-state index contributed by atoms with van der Waals surface area (Å²) in [5, 5.41) is 2.72. The van der Waals surface area contributed by atoms with E-state index in [1.807, 2.05) is 0 Å². The van der Waals surface area contributed by atoms with Crippen molar-refractivity contribution in [3.8, 4) is 28.7 Å². The third-order valence-electron chi connectivity index (χ3n) is 4.11. The summed E-state index contributed by atoms with van der Waals surface area (Å²) in [7, 11) is 7.25. The summed E-state index contributed by atoms with van der Waals surface area (Å²) in [4.78, 5) is 23.6. The SMILES string of the molecule is COC(=O)/C=C/c1ccc(OCC(=O)Nc2cc(OC)c(OC)c(OC)c2)c(OC)c1.